The molecule has 1 unspecified atom stereocenters. The van der Waals surface area contributed by atoms with Crippen LogP contribution in [0.3, 0.4) is 0 Å². The molecule has 1 aliphatic rings. The van der Waals surface area contributed by atoms with Gasteiger partial charge in [0, 0.05) is 6.04 Å². The highest BCUT2D eigenvalue weighted by atomic mass is 16.4. The highest BCUT2D eigenvalue weighted by Gasteiger charge is 2.20. The molecule has 0 heterocycles. The van der Waals surface area contributed by atoms with Crippen molar-refractivity contribution in [3.63, 3.8) is 0 Å². The molecule has 102 valence electrons. The van der Waals surface area contributed by atoms with Crippen LogP contribution in [0.2, 0.25) is 0 Å². The summed E-state index contributed by atoms with van der Waals surface area (Å²) in [6.45, 7) is 0. The first-order chi connectivity index (χ1) is 9.08. The molecule has 1 atom stereocenters. The van der Waals surface area contributed by atoms with Crippen molar-refractivity contribution in [3.8, 4) is 0 Å². The van der Waals surface area contributed by atoms with E-state index in [2.05, 4.69) is 25.1 Å². The molecule has 0 spiro atoms. The van der Waals surface area contributed by atoms with E-state index in [0.29, 0.717) is 11.6 Å². The van der Waals surface area contributed by atoms with E-state index in [-0.39, 0.29) is 0 Å². The standard InChI is InChI=1S/C16H21NO2/c1-17(2)15-6-4-3-5-14(15)11-12-7-9-13(10-8-12)16(18)19/h7-11,15H,3-6H2,1-2H3,(H,18,19)/b14-11+. The maximum absolute atomic E-state index is 10.8. The third-order valence-electron chi connectivity index (χ3n) is 3.75. The molecule has 1 N–H and O–H groups in total. The van der Waals surface area contributed by atoms with Crippen LogP contribution in [-0.4, -0.2) is 36.1 Å². The number of hydrogen-bond acceptors (Lipinski definition) is 2. The maximum atomic E-state index is 10.8. The largest absolute Gasteiger partial charge is 0.478 e. The van der Waals surface area contributed by atoms with Crippen molar-refractivity contribution in [1.29, 1.82) is 0 Å². The van der Waals surface area contributed by atoms with Crippen LogP contribution < -0.4 is 0 Å². The van der Waals surface area contributed by atoms with Gasteiger partial charge in [0.25, 0.3) is 0 Å². The normalized spacial score (nSPS) is 21.8. The van der Waals surface area contributed by atoms with Gasteiger partial charge in [0.2, 0.25) is 0 Å². The highest BCUT2D eigenvalue weighted by Crippen LogP contribution is 2.28. The van der Waals surface area contributed by atoms with Crippen LogP contribution in [0.1, 0.15) is 41.6 Å². The van der Waals surface area contributed by atoms with Gasteiger partial charge in [-0.3, -0.25) is 0 Å². The Bertz CT molecular complexity index is 474. The topological polar surface area (TPSA) is 40.5 Å². The molecule has 0 saturated heterocycles. The third kappa shape index (κ3) is 3.44. The molecule has 1 saturated carbocycles. The lowest BCUT2D eigenvalue weighted by Gasteiger charge is -2.31. The molecule has 2 rings (SSSR count). The molecular formula is C16H21NO2. The number of aromatic carboxylic acids is 1. The first-order valence-electron chi connectivity index (χ1n) is 6.78. The molecule has 1 aliphatic carbocycles. The molecule has 0 bridgehead atoms. The van der Waals surface area contributed by atoms with Crippen molar-refractivity contribution in [2.75, 3.05) is 14.1 Å². The molecule has 0 amide bonds. The highest BCUT2D eigenvalue weighted by molar-refractivity contribution is 5.87. The second-order valence-electron chi connectivity index (χ2n) is 5.37. The third-order valence-corrected chi connectivity index (χ3v) is 3.75. The molecular weight excluding hydrogens is 238 g/mol. The number of hydrogen-bond donors (Lipinski definition) is 1. The summed E-state index contributed by atoms with van der Waals surface area (Å²) in [6, 6.07) is 7.63. The van der Waals surface area contributed by atoms with Gasteiger partial charge in [0.1, 0.15) is 0 Å². The van der Waals surface area contributed by atoms with Crippen LogP contribution in [0, 0.1) is 0 Å². The van der Waals surface area contributed by atoms with Crippen molar-refractivity contribution in [2.45, 2.75) is 31.7 Å². The summed E-state index contributed by atoms with van der Waals surface area (Å²) in [7, 11) is 4.24. The predicted octanol–water partition coefficient (Wildman–Crippen LogP) is 3.27. The van der Waals surface area contributed by atoms with Gasteiger partial charge in [-0.1, -0.05) is 30.2 Å². The van der Waals surface area contributed by atoms with Crippen LogP contribution in [-0.2, 0) is 0 Å². The van der Waals surface area contributed by atoms with E-state index in [0.717, 1.165) is 12.0 Å². The van der Waals surface area contributed by atoms with Crippen LogP contribution in [0.25, 0.3) is 6.08 Å². The van der Waals surface area contributed by atoms with Gasteiger partial charge in [-0.15, -0.1) is 0 Å². The summed E-state index contributed by atoms with van der Waals surface area (Å²) in [4.78, 5) is 13.1. The fraction of sp³-hybridized carbons (Fsp3) is 0.438. The minimum atomic E-state index is -0.872. The van der Waals surface area contributed by atoms with E-state index in [9.17, 15) is 4.79 Å². The fourth-order valence-corrected chi connectivity index (χ4v) is 2.71. The van der Waals surface area contributed by atoms with Crippen LogP contribution in [0.5, 0.6) is 0 Å². The van der Waals surface area contributed by atoms with Gasteiger partial charge in [0.05, 0.1) is 5.56 Å². The molecule has 19 heavy (non-hydrogen) atoms. The zero-order valence-electron chi connectivity index (χ0n) is 11.6. The van der Waals surface area contributed by atoms with Gasteiger partial charge in [-0.25, -0.2) is 4.79 Å². The maximum Gasteiger partial charge on any atom is 0.335 e. The van der Waals surface area contributed by atoms with Crippen LogP contribution >= 0.6 is 0 Å². The van der Waals surface area contributed by atoms with E-state index in [1.807, 2.05) is 12.1 Å². The summed E-state index contributed by atoms with van der Waals surface area (Å²) in [5.41, 5.74) is 2.89. The lowest BCUT2D eigenvalue weighted by molar-refractivity contribution is 0.0697. The summed E-state index contributed by atoms with van der Waals surface area (Å²) in [5, 5.41) is 8.89. The number of carboxylic acids is 1. The summed E-state index contributed by atoms with van der Waals surface area (Å²) >= 11 is 0. The van der Waals surface area contributed by atoms with Gasteiger partial charge < -0.3 is 10.0 Å². The van der Waals surface area contributed by atoms with Gasteiger partial charge in [0.15, 0.2) is 0 Å². The first-order valence-corrected chi connectivity index (χ1v) is 6.78. The lowest BCUT2D eigenvalue weighted by atomic mass is 9.88. The lowest BCUT2D eigenvalue weighted by Crippen LogP contribution is -2.31. The predicted molar refractivity (Wildman–Crippen MR) is 77.3 cm³/mol. The summed E-state index contributed by atoms with van der Waals surface area (Å²) in [5.74, 6) is -0.872. The Kier molecular flexibility index (Phi) is 4.38. The number of rotatable bonds is 3. The van der Waals surface area contributed by atoms with Crippen molar-refractivity contribution in [2.24, 2.45) is 0 Å². The van der Waals surface area contributed by atoms with Crippen LogP contribution in [0.15, 0.2) is 29.8 Å². The molecule has 1 fully saturated rings. The monoisotopic (exact) mass is 259 g/mol. The Morgan fingerprint density at radius 3 is 2.53 bits per heavy atom. The molecule has 1 aromatic rings. The Morgan fingerprint density at radius 2 is 1.95 bits per heavy atom. The fourth-order valence-electron chi connectivity index (χ4n) is 2.71. The van der Waals surface area contributed by atoms with E-state index in [1.165, 1.54) is 24.8 Å². The Morgan fingerprint density at radius 1 is 1.26 bits per heavy atom. The molecule has 3 heteroatoms. The smallest absolute Gasteiger partial charge is 0.335 e. The zero-order chi connectivity index (χ0) is 13.8. The average Bonchev–Trinajstić information content (AvgIpc) is 2.39. The average molecular weight is 259 g/mol. The number of likely N-dealkylation sites (N-methyl/N-ethyl adjacent to an activating group) is 1. The molecule has 0 aromatic heterocycles. The molecule has 3 nitrogen and oxygen atoms in total. The Labute approximate surface area is 114 Å². The second kappa shape index (κ2) is 6.02. The van der Waals surface area contributed by atoms with Gasteiger partial charge in [-0.2, -0.15) is 0 Å². The number of carboxylic acid groups (broad SMARTS) is 1. The molecule has 0 aliphatic heterocycles. The van der Waals surface area contributed by atoms with E-state index < -0.39 is 5.97 Å². The van der Waals surface area contributed by atoms with E-state index >= 15 is 0 Å². The number of carbonyl (C=O) groups is 1. The van der Waals surface area contributed by atoms with E-state index in [4.69, 9.17) is 5.11 Å². The first kappa shape index (κ1) is 13.8. The van der Waals surface area contributed by atoms with Crippen LogP contribution in [0.4, 0.5) is 0 Å². The minimum Gasteiger partial charge on any atom is -0.478 e. The second-order valence-corrected chi connectivity index (χ2v) is 5.37. The van der Waals surface area contributed by atoms with Crippen molar-refractivity contribution in [1.82, 2.24) is 4.90 Å². The van der Waals surface area contributed by atoms with Crippen molar-refractivity contribution in [3.05, 3.63) is 41.0 Å². The molecule has 0 radical (unpaired) electrons. The Balaban J connectivity index is 2.20. The SMILES string of the molecule is CN(C)C1CCCC/C1=C\c1ccc(C(=O)O)cc1. The molecule has 1 aromatic carbocycles. The van der Waals surface area contributed by atoms with Crippen molar-refractivity contribution >= 4 is 12.0 Å². The number of nitrogens with zero attached hydrogens (tertiary/aromatic N) is 1. The number of benzene rings is 1. The summed E-state index contributed by atoms with van der Waals surface area (Å²) in [6.07, 6.45) is 7.12. The minimum absolute atomic E-state index is 0.343. The Hall–Kier alpha value is -1.61. The quantitative estimate of drug-likeness (QED) is 0.905. The zero-order valence-corrected chi connectivity index (χ0v) is 11.6. The van der Waals surface area contributed by atoms with E-state index in [1.54, 1.807) is 12.1 Å². The van der Waals surface area contributed by atoms with Gasteiger partial charge in [-0.05, 0) is 51.1 Å². The van der Waals surface area contributed by atoms with Crippen molar-refractivity contribution < 1.29 is 9.90 Å². The summed E-state index contributed by atoms with van der Waals surface area (Å²) < 4.78 is 0. The van der Waals surface area contributed by atoms with Gasteiger partial charge >= 0.3 is 5.97 Å².